The lowest BCUT2D eigenvalue weighted by molar-refractivity contribution is 0.288. The highest BCUT2D eigenvalue weighted by molar-refractivity contribution is 5.34. The van der Waals surface area contributed by atoms with Gasteiger partial charge in [-0.05, 0) is 47.9 Å². The molecule has 92 valence electrons. The van der Waals surface area contributed by atoms with E-state index in [1.165, 1.54) is 43.2 Å². The molecular weight excluding hydrogens is 213 g/mol. The Kier molecular flexibility index (Phi) is 3.15. The van der Waals surface area contributed by atoms with Crippen LogP contribution in [0.15, 0.2) is 18.2 Å². The minimum Gasteiger partial charge on any atom is -0.312 e. The first kappa shape index (κ1) is 11.2. The number of nitrogens with one attached hydrogen (secondary N) is 1. The fraction of sp³-hybridized carbons (Fsp3) is 0.600. The van der Waals surface area contributed by atoms with Crippen LogP contribution >= 0.6 is 0 Å². The zero-order valence-electron chi connectivity index (χ0n) is 10.2. The van der Waals surface area contributed by atoms with Crippen molar-refractivity contribution >= 4 is 0 Å². The predicted molar refractivity (Wildman–Crippen MR) is 67.4 cm³/mol. The van der Waals surface area contributed by atoms with Crippen LogP contribution in [0.1, 0.15) is 49.1 Å². The summed E-state index contributed by atoms with van der Waals surface area (Å²) in [5, 5.41) is 3.45. The molecule has 1 aromatic rings. The second-order valence-corrected chi connectivity index (χ2v) is 5.48. The van der Waals surface area contributed by atoms with Crippen molar-refractivity contribution in [1.82, 2.24) is 5.32 Å². The van der Waals surface area contributed by atoms with Crippen molar-refractivity contribution in [3.8, 4) is 0 Å². The first-order valence-corrected chi connectivity index (χ1v) is 6.83. The lowest BCUT2D eigenvalue weighted by Crippen LogP contribution is -2.33. The normalized spacial score (nSPS) is 25.6. The third-order valence-corrected chi connectivity index (χ3v) is 4.40. The topological polar surface area (TPSA) is 12.0 Å². The highest BCUT2D eigenvalue weighted by Gasteiger charge is 2.28. The molecule has 1 heterocycles. The smallest absolute Gasteiger partial charge is 0.123 e. The summed E-state index contributed by atoms with van der Waals surface area (Å²) in [4.78, 5) is 0. The molecule has 1 N–H and O–H groups in total. The molecular formula is C15H20FN. The zero-order chi connectivity index (χ0) is 11.7. The Balaban J connectivity index is 1.88. The van der Waals surface area contributed by atoms with Crippen LogP contribution in [0.3, 0.4) is 0 Å². The van der Waals surface area contributed by atoms with E-state index in [0.29, 0.717) is 5.92 Å². The lowest BCUT2D eigenvalue weighted by atomic mass is 9.74. The molecule has 0 aromatic heterocycles. The molecule has 2 aliphatic rings. The number of rotatable bonds is 1. The molecule has 0 saturated heterocycles. The maximum atomic E-state index is 13.2. The molecule has 1 unspecified atom stereocenters. The third-order valence-electron chi connectivity index (χ3n) is 4.40. The second-order valence-electron chi connectivity index (χ2n) is 5.48. The number of fused-ring (bicyclic) bond motifs is 1. The van der Waals surface area contributed by atoms with E-state index in [0.717, 1.165) is 19.0 Å². The van der Waals surface area contributed by atoms with Crippen molar-refractivity contribution in [2.45, 2.75) is 44.6 Å². The molecule has 1 fully saturated rings. The van der Waals surface area contributed by atoms with E-state index in [9.17, 15) is 4.39 Å². The molecule has 17 heavy (non-hydrogen) atoms. The largest absolute Gasteiger partial charge is 0.312 e. The standard InChI is InChI=1S/C15H20FN/c16-13-6-7-14-12(8-13)9-17-10-15(14)11-4-2-1-3-5-11/h6-8,11,15,17H,1-5,9-10H2. The molecule has 0 radical (unpaired) electrons. The molecule has 0 bridgehead atoms. The quantitative estimate of drug-likeness (QED) is 0.781. The maximum absolute atomic E-state index is 13.2. The number of benzene rings is 1. The van der Waals surface area contributed by atoms with Crippen molar-refractivity contribution in [3.05, 3.63) is 35.1 Å². The summed E-state index contributed by atoms with van der Waals surface area (Å²) < 4.78 is 13.2. The Morgan fingerprint density at radius 1 is 1.12 bits per heavy atom. The fourth-order valence-electron chi connectivity index (χ4n) is 3.52. The van der Waals surface area contributed by atoms with Crippen molar-refractivity contribution in [3.63, 3.8) is 0 Å². The van der Waals surface area contributed by atoms with Gasteiger partial charge in [-0.3, -0.25) is 0 Å². The van der Waals surface area contributed by atoms with Crippen LogP contribution < -0.4 is 5.32 Å². The highest BCUT2D eigenvalue weighted by Crippen LogP contribution is 2.38. The molecule has 1 saturated carbocycles. The molecule has 1 aromatic carbocycles. The summed E-state index contributed by atoms with van der Waals surface area (Å²) >= 11 is 0. The van der Waals surface area contributed by atoms with E-state index in [-0.39, 0.29) is 5.82 Å². The average molecular weight is 233 g/mol. The van der Waals surface area contributed by atoms with Crippen LogP contribution in [0.2, 0.25) is 0 Å². The summed E-state index contributed by atoms with van der Waals surface area (Å²) in [6.07, 6.45) is 6.84. The van der Waals surface area contributed by atoms with Gasteiger partial charge in [0.25, 0.3) is 0 Å². The number of hydrogen-bond donors (Lipinski definition) is 1. The van der Waals surface area contributed by atoms with Gasteiger partial charge in [0.15, 0.2) is 0 Å². The van der Waals surface area contributed by atoms with Gasteiger partial charge in [0.05, 0.1) is 0 Å². The minimum absolute atomic E-state index is 0.102. The predicted octanol–water partition coefficient (Wildman–Crippen LogP) is 3.59. The molecule has 0 amide bonds. The summed E-state index contributed by atoms with van der Waals surface area (Å²) in [7, 11) is 0. The van der Waals surface area contributed by atoms with Crippen LogP contribution in [0, 0.1) is 11.7 Å². The number of halogens is 1. The van der Waals surface area contributed by atoms with Crippen LogP contribution in [-0.2, 0) is 6.54 Å². The molecule has 1 aliphatic heterocycles. The molecule has 0 spiro atoms. The van der Waals surface area contributed by atoms with Gasteiger partial charge in [-0.15, -0.1) is 0 Å². The summed E-state index contributed by atoms with van der Waals surface area (Å²) in [6, 6.07) is 5.35. The maximum Gasteiger partial charge on any atom is 0.123 e. The lowest BCUT2D eigenvalue weighted by Gasteiger charge is -2.35. The zero-order valence-corrected chi connectivity index (χ0v) is 10.2. The Morgan fingerprint density at radius 2 is 1.94 bits per heavy atom. The van der Waals surface area contributed by atoms with Crippen LogP contribution in [0.4, 0.5) is 4.39 Å². The van der Waals surface area contributed by atoms with E-state index in [4.69, 9.17) is 0 Å². The van der Waals surface area contributed by atoms with Crippen LogP contribution in [0.25, 0.3) is 0 Å². The van der Waals surface area contributed by atoms with E-state index >= 15 is 0 Å². The Bertz CT molecular complexity index is 396. The van der Waals surface area contributed by atoms with E-state index in [2.05, 4.69) is 5.32 Å². The molecule has 3 rings (SSSR count). The van der Waals surface area contributed by atoms with Gasteiger partial charge in [0.1, 0.15) is 5.82 Å². The summed E-state index contributed by atoms with van der Waals surface area (Å²) in [5.41, 5.74) is 2.57. The highest BCUT2D eigenvalue weighted by atomic mass is 19.1. The molecule has 1 aliphatic carbocycles. The van der Waals surface area contributed by atoms with E-state index in [1.807, 2.05) is 6.07 Å². The van der Waals surface area contributed by atoms with Gasteiger partial charge in [-0.25, -0.2) is 4.39 Å². The molecule has 1 atom stereocenters. The van der Waals surface area contributed by atoms with Gasteiger partial charge in [-0.1, -0.05) is 25.3 Å². The average Bonchev–Trinajstić information content (AvgIpc) is 2.39. The second kappa shape index (κ2) is 4.77. The fourth-order valence-corrected chi connectivity index (χ4v) is 3.52. The van der Waals surface area contributed by atoms with Gasteiger partial charge >= 0.3 is 0 Å². The Labute approximate surface area is 102 Å². The summed E-state index contributed by atoms with van der Waals surface area (Å²) in [6.45, 7) is 1.90. The van der Waals surface area contributed by atoms with Crippen molar-refractivity contribution in [2.75, 3.05) is 6.54 Å². The minimum atomic E-state index is -0.102. The van der Waals surface area contributed by atoms with E-state index in [1.54, 1.807) is 12.1 Å². The van der Waals surface area contributed by atoms with Gasteiger partial charge < -0.3 is 5.32 Å². The SMILES string of the molecule is Fc1ccc2c(c1)CNCC2C1CCCCC1. The monoisotopic (exact) mass is 233 g/mol. The Hall–Kier alpha value is -0.890. The van der Waals surface area contributed by atoms with E-state index < -0.39 is 0 Å². The third kappa shape index (κ3) is 2.23. The number of hydrogen-bond acceptors (Lipinski definition) is 1. The van der Waals surface area contributed by atoms with Crippen LogP contribution in [0.5, 0.6) is 0 Å². The van der Waals surface area contributed by atoms with Crippen LogP contribution in [-0.4, -0.2) is 6.54 Å². The molecule has 2 heteroatoms. The van der Waals surface area contributed by atoms with Crippen molar-refractivity contribution < 1.29 is 4.39 Å². The summed E-state index contributed by atoms with van der Waals surface area (Å²) in [5.74, 6) is 1.32. The Morgan fingerprint density at radius 3 is 2.76 bits per heavy atom. The van der Waals surface area contributed by atoms with Gasteiger partial charge in [0, 0.05) is 13.1 Å². The molecule has 1 nitrogen and oxygen atoms in total. The van der Waals surface area contributed by atoms with Crippen molar-refractivity contribution in [2.24, 2.45) is 5.92 Å². The van der Waals surface area contributed by atoms with Gasteiger partial charge in [0.2, 0.25) is 0 Å². The van der Waals surface area contributed by atoms with Gasteiger partial charge in [-0.2, -0.15) is 0 Å². The van der Waals surface area contributed by atoms with Crippen molar-refractivity contribution in [1.29, 1.82) is 0 Å². The first-order valence-electron chi connectivity index (χ1n) is 6.83. The first-order chi connectivity index (χ1) is 8.34.